The molecule has 0 saturated carbocycles. The first-order chi connectivity index (χ1) is 15.7. The molecule has 0 fully saturated rings. The Balaban J connectivity index is 2.32. The Morgan fingerprint density at radius 2 is 1.82 bits per heavy atom. The number of carbonyl (C=O) groups is 1. The maximum atomic E-state index is 12.5. The molecule has 0 aromatic heterocycles. The van der Waals surface area contributed by atoms with Gasteiger partial charge in [-0.05, 0) is 43.4 Å². The van der Waals surface area contributed by atoms with Gasteiger partial charge in [-0.1, -0.05) is 49.5 Å². The number of benzene rings is 1. The standard InChI is InChI=1S/C26H35NO6/c1-17-10-9-11-19-14-20(28)15-22(26(19)32)27-24(30)16-21(33-3)12-7-5-4-6-8-13-23(29)18(2)25(17)31/h4-8,10,12,14-15,18,21,23,25,28-29,31-32H,9,11,13,16H2,1-3H3,(H,27,30)/b5-4+,8-6+,12-7-,17-10-/t18-,21-,23-,25-/m0/s1. The topological polar surface area (TPSA) is 119 Å². The number of phenols is 2. The lowest BCUT2D eigenvalue weighted by Crippen LogP contribution is -2.30. The van der Waals surface area contributed by atoms with E-state index in [0.29, 0.717) is 24.8 Å². The van der Waals surface area contributed by atoms with Crippen molar-refractivity contribution < 1.29 is 30.0 Å². The number of carbonyl (C=O) groups excluding carboxylic acids is 1. The monoisotopic (exact) mass is 457 g/mol. The number of aryl methyl sites for hydroxylation is 1. The molecule has 0 spiro atoms. The number of methoxy groups -OCH3 is 1. The molecule has 1 heterocycles. The lowest BCUT2D eigenvalue weighted by Gasteiger charge is -2.24. The summed E-state index contributed by atoms with van der Waals surface area (Å²) in [6, 6.07) is 2.75. The van der Waals surface area contributed by atoms with Gasteiger partial charge in [-0.2, -0.15) is 0 Å². The van der Waals surface area contributed by atoms with Crippen LogP contribution < -0.4 is 5.32 Å². The predicted octanol–water partition coefficient (Wildman–Crippen LogP) is 3.75. The molecule has 1 aromatic carbocycles. The van der Waals surface area contributed by atoms with Gasteiger partial charge in [-0.3, -0.25) is 4.79 Å². The van der Waals surface area contributed by atoms with Crippen LogP contribution in [0, 0.1) is 5.92 Å². The van der Waals surface area contributed by atoms with Crippen LogP contribution in [0.25, 0.3) is 0 Å². The molecule has 1 aromatic rings. The average molecular weight is 458 g/mol. The third-order valence-electron chi connectivity index (χ3n) is 5.76. The van der Waals surface area contributed by atoms with Crippen LogP contribution in [0.4, 0.5) is 5.69 Å². The molecule has 0 unspecified atom stereocenters. The van der Waals surface area contributed by atoms with Crippen LogP contribution in [-0.4, -0.2) is 51.8 Å². The zero-order valence-electron chi connectivity index (χ0n) is 19.4. The van der Waals surface area contributed by atoms with Crippen LogP contribution in [0.2, 0.25) is 0 Å². The van der Waals surface area contributed by atoms with Gasteiger partial charge < -0.3 is 30.5 Å². The van der Waals surface area contributed by atoms with Crippen molar-refractivity contribution in [1.29, 1.82) is 0 Å². The molecule has 1 aliphatic heterocycles. The van der Waals surface area contributed by atoms with E-state index in [1.807, 2.05) is 18.2 Å². The van der Waals surface area contributed by atoms with E-state index in [1.165, 1.54) is 19.2 Å². The highest BCUT2D eigenvalue weighted by molar-refractivity contribution is 5.93. The Hall–Kier alpha value is -2.87. The Morgan fingerprint density at radius 1 is 1.09 bits per heavy atom. The molecular weight excluding hydrogens is 422 g/mol. The third kappa shape index (κ3) is 8.20. The fourth-order valence-corrected chi connectivity index (χ4v) is 3.61. The van der Waals surface area contributed by atoms with Crippen molar-refractivity contribution in [2.24, 2.45) is 5.92 Å². The summed E-state index contributed by atoms with van der Waals surface area (Å²) in [6.45, 7) is 3.60. The summed E-state index contributed by atoms with van der Waals surface area (Å²) in [5.74, 6) is -0.909. The Bertz CT molecular complexity index is 918. The molecule has 0 radical (unpaired) electrons. The van der Waals surface area contributed by atoms with E-state index < -0.39 is 18.3 Å². The highest BCUT2D eigenvalue weighted by atomic mass is 16.5. The van der Waals surface area contributed by atoms with Crippen molar-refractivity contribution in [3.8, 4) is 11.5 Å². The van der Waals surface area contributed by atoms with Gasteiger partial charge in [0.1, 0.15) is 11.5 Å². The van der Waals surface area contributed by atoms with Gasteiger partial charge in [0.05, 0.1) is 30.4 Å². The highest BCUT2D eigenvalue weighted by Crippen LogP contribution is 2.33. The molecule has 0 aliphatic carbocycles. The van der Waals surface area contributed by atoms with Crippen LogP contribution >= 0.6 is 0 Å². The summed E-state index contributed by atoms with van der Waals surface area (Å²) in [4.78, 5) is 12.5. The fraction of sp³-hybridized carbons (Fsp3) is 0.423. The summed E-state index contributed by atoms with van der Waals surface area (Å²) in [6.07, 6.45) is 11.9. The van der Waals surface area contributed by atoms with E-state index in [9.17, 15) is 25.2 Å². The second-order valence-corrected chi connectivity index (χ2v) is 8.32. The quantitative estimate of drug-likeness (QED) is 0.249. The van der Waals surface area contributed by atoms with Crippen molar-refractivity contribution in [2.45, 2.75) is 57.8 Å². The van der Waals surface area contributed by atoms with E-state index in [1.54, 1.807) is 38.2 Å². The number of allylic oxidation sites excluding steroid dienone is 5. The molecule has 2 rings (SSSR count). The van der Waals surface area contributed by atoms with Gasteiger partial charge in [0.15, 0.2) is 0 Å². The van der Waals surface area contributed by atoms with E-state index >= 15 is 0 Å². The normalized spacial score (nSPS) is 30.2. The van der Waals surface area contributed by atoms with E-state index in [4.69, 9.17) is 4.74 Å². The summed E-state index contributed by atoms with van der Waals surface area (Å²) < 4.78 is 5.33. The Labute approximate surface area is 195 Å². The number of phenolic OH excluding ortho intramolecular Hbond substituents is 2. The molecule has 7 heteroatoms. The summed E-state index contributed by atoms with van der Waals surface area (Å²) in [5, 5.41) is 44.3. The first-order valence-electron chi connectivity index (χ1n) is 11.1. The summed E-state index contributed by atoms with van der Waals surface area (Å²) in [7, 11) is 1.50. The Morgan fingerprint density at radius 3 is 2.55 bits per heavy atom. The molecule has 33 heavy (non-hydrogen) atoms. The van der Waals surface area contributed by atoms with Crippen molar-refractivity contribution in [3.05, 3.63) is 65.8 Å². The van der Waals surface area contributed by atoms with Gasteiger partial charge >= 0.3 is 0 Å². The van der Waals surface area contributed by atoms with Crippen molar-refractivity contribution >= 4 is 11.6 Å². The van der Waals surface area contributed by atoms with E-state index in [0.717, 1.165) is 5.57 Å². The number of aromatic hydroxyl groups is 2. The highest BCUT2D eigenvalue weighted by Gasteiger charge is 2.23. The number of fused-ring (bicyclic) bond motifs is 2. The van der Waals surface area contributed by atoms with Crippen LogP contribution in [0.3, 0.4) is 0 Å². The number of amides is 1. The van der Waals surface area contributed by atoms with Gasteiger partial charge in [-0.15, -0.1) is 0 Å². The molecule has 1 amide bonds. The zero-order valence-corrected chi connectivity index (χ0v) is 19.4. The van der Waals surface area contributed by atoms with Crippen LogP contribution in [0.1, 0.15) is 38.7 Å². The number of aliphatic hydroxyl groups excluding tert-OH is 2. The second kappa shape index (κ2) is 13.0. The molecule has 180 valence electrons. The van der Waals surface area contributed by atoms with Crippen molar-refractivity contribution in [1.82, 2.24) is 0 Å². The van der Waals surface area contributed by atoms with Gasteiger partial charge in [-0.25, -0.2) is 0 Å². The number of ether oxygens (including phenoxy) is 1. The molecule has 4 atom stereocenters. The lowest BCUT2D eigenvalue weighted by molar-refractivity contribution is -0.117. The van der Waals surface area contributed by atoms with E-state index in [-0.39, 0.29) is 35.4 Å². The maximum Gasteiger partial charge on any atom is 0.227 e. The van der Waals surface area contributed by atoms with Crippen LogP contribution in [-0.2, 0) is 16.0 Å². The van der Waals surface area contributed by atoms with Crippen molar-refractivity contribution in [2.75, 3.05) is 12.4 Å². The predicted molar refractivity (Wildman–Crippen MR) is 129 cm³/mol. The number of hydrogen-bond donors (Lipinski definition) is 5. The number of anilines is 1. The first kappa shape index (κ1) is 26.4. The van der Waals surface area contributed by atoms with Gasteiger partial charge in [0.25, 0.3) is 0 Å². The second-order valence-electron chi connectivity index (χ2n) is 8.32. The number of nitrogens with one attached hydrogen (secondary N) is 1. The Kier molecular flexibility index (Phi) is 10.4. The van der Waals surface area contributed by atoms with Crippen LogP contribution in [0.5, 0.6) is 11.5 Å². The SMILES string of the molecule is CO[C@H]1\C=C/C=C/C=C/C[C@H](O)[C@H](C)[C@@H](O)/C(C)=C\CCc2cc(O)cc(c2O)NC(=O)C1. The molecule has 2 bridgehead atoms. The zero-order chi connectivity index (χ0) is 24.4. The molecular formula is C26H35NO6. The fourth-order valence-electron chi connectivity index (χ4n) is 3.61. The molecule has 0 saturated heterocycles. The molecule has 1 aliphatic rings. The number of hydrogen-bond acceptors (Lipinski definition) is 6. The smallest absolute Gasteiger partial charge is 0.227 e. The lowest BCUT2D eigenvalue weighted by atomic mass is 9.90. The largest absolute Gasteiger partial charge is 0.508 e. The first-order valence-corrected chi connectivity index (χ1v) is 11.1. The van der Waals surface area contributed by atoms with E-state index in [2.05, 4.69) is 5.32 Å². The maximum absolute atomic E-state index is 12.5. The number of rotatable bonds is 1. The van der Waals surface area contributed by atoms with Crippen LogP contribution in [0.15, 0.2) is 60.2 Å². The number of aliphatic hydroxyl groups is 2. The minimum Gasteiger partial charge on any atom is -0.508 e. The average Bonchev–Trinajstić information content (AvgIpc) is 2.78. The van der Waals surface area contributed by atoms with Crippen molar-refractivity contribution in [3.63, 3.8) is 0 Å². The minimum absolute atomic E-state index is 0.0327. The third-order valence-corrected chi connectivity index (χ3v) is 5.76. The molecule has 5 N–H and O–H groups in total. The summed E-state index contributed by atoms with van der Waals surface area (Å²) >= 11 is 0. The van der Waals surface area contributed by atoms with Gasteiger partial charge in [0.2, 0.25) is 5.91 Å². The minimum atomic E-state index is -0.806. The summed E-state index contributed by atoms with van der Waals surface area (Å²) in [5.41, 5.74) is 1.32. The molecule has 7 nitrogen and oxygen atoms in total. The van der Waals surface area contributed by atoms with Gasteiger partial charge in [0, 0.05) is 19.1 Å².